The highest BCUT2D eigenvalue weighted by atomic mass is 32.1. The first-order valence-electron chi connectivity index (χ1n) is 3.83. The molecule has 1 rings (SSSR count). The van der Waals surface area contributed by atoms with E-state index in [4.69, 9.17) is 0 Å². The normalized spacial score (nSPS) is 10.0. The maximum Gasteiger partial charge on any atom is 0.240 e. The van der Waals surface area contributed by atoms with Gasteiger partial charge in [0, 0.05) is 9.75 Å². The molecule has 0 radical (unpaired) electrons. The molecule has 0 bridgehead atoms. The molecule has 0 atom stereocenters. The van der Waals surface area contributed by atoms with Crippen LogP contribution in [0.25, 0.3) is 0 Å². The largest absolute Gasteiger partial charge is 0.240 e. The fourth-order valence-electron chi connectivity index (χ4n) is 1.07. The molecule has 0 N–H and O–H groups in total. The van der Waals surface area contributed by atoms with E-state index >= 15 is 0 Å². The van der Waals surface area contributed by atoms with Gasteiger partial charge in [0.1, 0.15) is 0 Å². The van der Waals surface area contributed by atoms with Gasteiger partial charge in [0.2, 0.25) is 6.08 Å². The third kappa shape index (κ3) is 1.81. The second-order valence-corrected chi connectivity index (χ2v) is 4.25. The van der Waals surface area contributed by atoms with Gasteiger partial charge >= 0.3 is 0 Å². The minimum absolute atomic E-state index is 0.427. The van der Waals surface area contributed by atoms with Crippen LogP contribution in [0.2, 0.25) is 0 Å². The third-order valence-corrected chi connectivity index (χ3v) is 2.89. The molecule has 0 aromatic carbocycles. The first-order valence-corrected chi connectivity index (χ1v) is 4.65. The quantitative estimate of drug-likeness (QED) is 0.509. The maximum absolute atomic E-state index is 10.1. The van der Waals surface area contributed by atoms with E-state index in [0.717, 1.165) is 10.6 Å². The average molecular weight is 181 g/mol. The third-order valence-electron chi connectivity index (χ3n) is 1.55. The highest BCUT2D eigenvalue weighted by Gasteiger charge is 2.09. The number of thiophene rings is 1. The fourth-order valence-corrected chi connectivity index (χ4v) is 2.03. The number of hydrogen-bond acceptors (Lipinski definition) is 3. The van der Waals surface area contributed by atoms with Gasteiger partial charge in [-0.05, 0) is 18.9 Å². The second-order valence-electron chi connectivity index (χ2n) is 2.96. The molecule has 0 fully saturated rings. The van der Waals surface area contributed by atoms with Gasteiger partial charge < -0.3 is 0 Å². The van der Waals surface area contributed by atoms with Crippen LogP contribution in [-0.4, -0.2) is 6.08 Å². The first-order chi connectivity index (χ1) is 5.65. The van der Waals surface area contributed by atoms with Crippen molar-refractivity contribution in [3.63, 3.8) is 0 Å². The Morgan fingerprint density at radius 1 is 1.58 bits per heavy atom. The van der Waals surface area contributed by atoms with E-state index < -0.39 is 0 Å². The van der Waals surface area contributed by atoms with Gasteiger partial charge in [0.25, 0.3) is 0 Å². The number of rotatable bonds is 2. The van der Waals surface area contributed by atoms with Crippen LogP contribution in [0.15, 0.2) is 11.1 Å². The molecule has 3 heteroatoms. The van der Waals surface area contributed by atoms with Gasteiger partial charge in [-0.2, -0.15) is 4.99 Å². The summed E-state index contributed by atoms with van der Waals surface area (Å²) in [5.41, 5.74) is 0.780. The van der Waals surface area contributed by atoms with Crippen molar-refractivity contribution >= 4 is 23.1 Å². The molecule has 0 unspecified atom stereocenters. The Bertz CT molecular complexity index is 321. The van der Waals surface area contributed by atoms with Gasteiger partial charge in [-0.25, -0.2) is 4.79 Å². The molecule has 0 amide bonds. The molecule has 1 aromatic rings. The van der Waals surface area contributed by atoms with E-state index in [2.05, 4.69) is 18.8 Å². The molecule has 0 saturated heterocycles. The summed E-state index contributed by atoms with van der Waals surface area (Å²) in [5.74, 6) is 0.427. The van der Waals surface area contributed by atoms with E-state index in [9.17, 15) is 4.79 Å². The second kappa shape index (κ2) is 3.65. The Labute approximate surface area is 76.0 Å². The van der Waals surface area contributed by atoms with E-state index in [1.807, 2.05) is 13.0 Å². The smallest absolute Gasteiger partial charge is 0.211 e. The Kier molecular flexibility index (Phi) is 2.79. The fraction of sp³-hybridized carbons (Fsp3) is 0.444. The summed E-state index contributed by atoms with van der Waals surface area (Å²) in [5, 5.41) is 0. The van der Waals surface area contributed by atoms with E-state index in [1.165, 1.54) is 4.88 Å². The molecular weight excluding hydrogens is 170 g/mol. The summed E-state index contributed by atoms with van der Waals surface area (Å²) in [6, 6.07) is 1.92. The minimum Gasteiger partial charge on any atom is -0.211 e. The number of aryl methyl sites for hydroxylation is 1. The zero-order valence-electron chi connectivity index (χ0n) is 7.42. The zero-order valence-corrected chi connectivity index (χ0v) is 8.23. The molecule has 0 aliphatic carbocycles. The van der Waals surface area contributed by atoms with Crippen LogP contribution in [-0.2, 0) is 4.79 Å². The van der Waals surface area contributed by atoms with Crippen molar-refractivity contribution in [2.24, 2.45) is 4.99 Å². The van der Waals surface area contributed by atoms with Gasteiger partial charge in [0.15, 0.2) is 0 Å². The molecule has 2 nitrogen and oxygen atoms in total. The van der Waals surface area contributed by atoms with Crippen LogP contribution in [0.3, 0.4) is 0 Å². The summed E-state index contributed by atoms with van der Waals surface area (Å²) in [4.78, 5) is 16.1. The lowest BCUT2D eigenvalue weighted by Crippen LogP contribution is -1.79. The molecule has 1 aromatic heterocycles. The number of isocyanates is 1. The predicted octanol–water partition coefficient (Wildman–Crippen LogP) is 3.15. The lowest BCUT2D eigenvalue weighted by molar-refractivity contribution is 0.565. The van der Waals surface area contributed by atoms with E-state index in [0.29, 0.717) is 5.92 Å². The Morgan fingerprint density at radius 2 is 2.25 bits per heavy atom. The Hall–Kier alpha value is -0.920. The van der Waals surface area contributed by atoms with E-state index in [-0.39, 0.29) is 0 Å². The molecule has 1 heterocycles. The zero-order chi connectivity index (χ0) is 9.14. The number of nitrogens with zero attached hydrogens (tertiary/aromatic N) is 1. The number of aliphatic imine (C=N–C) groups is 1. The summed E-state index contributed by atoms with van der Waals surface area (Å²) in [7, 11) is 0. The molecule has 0 saturated carbocycles. The summed E-state index contributed by atoms with van der Waals surface area (Å²) in [6.07, 6.45) is 1.57. The first kappa shape index (κ1) is 9.17. The monoisotopic (exact) mass is 181 g/mol. The van der Waals surface area contributed by atoms with Crippen molar-refractivity contribution in [2.45, 2.75) is 26.7 Å². The minimum atomic E-state index is 0.427. The van der Waals surface area contributed by atoms with Gasteiger partial charge in [-0.1, -0.05) is 13.8 Å². The highest BCUT2D eigenvalue weighted by Crippen LogP contribution is 2.34. The van der Waals surface area contributed by atoms with Gasteiger partial charge in [0.05, 0.1) is 5.69 Å². The molecule has 0 aliphatic heterocycles. The Morgan fingerprint density at radius 3 is 2.75 bits per heavy atom. The van der Waals surface area contributed by atoms with Crippen molar-refractivity contribution < 1.29 is 4.79 Å². The summed E-state index contributed by atoms with van der Waals surface area (Å²) < 4.78 is 0. The lowest BCUT2D eigenvalue weighted by atomic mass is 10.1. The average Bonchev–Trinajstić information content (AvgIpc) is 2.32. The van der Waals surface area contributed by atoms with Crippen LogP contribution >= 0.6 is 11.3 Å². The molecular formula is C9H11NOS. The van der Waals surface area contributed by atoms with Crippen molar-refractivity contribution in [3.05, 3.63) is 15.8 Å². The molecule has 64 valence electrons. The van der Waals surface area contributed by atoms with Crippen molar-refractivity contribution in [2.75, 3.05) is 0 Å². The topological polar surface area (TPSA) is 29.4 Å². The van der Waals surface area contributed by atoms with Crippen LogP contribution < -0.4 is 0 Å². The summed E-state index contributed by atoms with van der Waals surface area (Å²) >= 11 is 1.69. The number of carbonyl (C=O) groups excluding carboxylic acids is 1. The SMILES string of the molecule is Cc1cc(N=C=O)c(C(C)C)s1. The van der Waals surface area contributed by atoms with Crippen molar-refractivity contribution in [1.29, 1.82) is 0 Å². The van der Waals surface area contributed by atoms with Gasteiger partial charge in [-0.15, -0.1) is 11.3 Å². The van der Waals surface area contributed by atoms with E-state index in [1.54, 1.807) is 17.4 Å². The van der Waals surface area contributed by atoms with Crippen molar-refractivity contribution in [1.82, 2.24) is 0 Å². The highest BCUT2D eigenvalue weighted by molar-refractivity contribution is 7.12. The molecule has 12 heavy (non-hydrogen) atoms. The summed E-state index contributed by atoms with van der Waals surface area (Å²) in [6.45, 7) is 6.20. The number of hydrogen-bond donors (Lipinski definition) is 0. The predicted molar refractivity (Wildman–Crippen MR) is 50.9 cm³/mol. The standard InChI is InChI=1S/C9H11NOS/c1-6(2)9-8(10-5-11)4-7(3)12-9/h4,6H,1-3H3. The van der Waals surface area contributed by atoms with Crippen LogP contribution in [0.4, 0.5) is 5.69 Å². The molecule has 0 spiro atoms. The van der Waals surface area contributed by atoms with Crippen LogP contribution in [0.1, 0.15) is 29.5 Å². The Balaban J connectivity index is 3.16. The molecule has 0 aliphatic rings. The lowest BCUT2D eigenvalue weighted by Gasteiger charge is -1.99. The van der Waals surface area contributed by atoms with Crippen LogP contribution in [0.5, 0.6) is 0 Å². The maximum atomic E-state index is 10.1. The van der Waals surface area contributed by atoms with Gasteiger partial charge in [-0.3, -0.25) is 0 Å². The van der Waals surface area contributed by atoms with Crippen LogP contribution in [0, 0.1) is 6.92 Å². The van der Waals surface area contributed by atoms with Crippen molar-refractivity contribution in [3.8, 4) is 0 Å².